The van der Waals surface area contributed by atoms with Gasteiger partial charge in [-0.15, -0.1) is 0 Å². The van der Waals surface area contributed by atoms with Crippen LogP contribution in [0.3, 0.4) is 0 Å². The van der Waals surface area contributed by atoms with E-state index in [2.05, 4.69) is 6.92 Å². The van der Waals surface area contributed by atoms with Gasteiger partial charge >= 0.3 is 0 Å². The fourth-order valence-corrected chi connectivity index (χ4v) is 4.75. The first kappa shape index (κ1) is 18.9. The number of halogens is 1. The number of ether oxygens (including phenoxy) is 1. The lowest BCUT2D eigenvalue weighted by Gasteiger charge is -2.31. The van der Waals surface area contributed by atoms with Gasteiger partial charge in [0.2, 0.25) is 0 Å². The van der Waals surface area contributed by atoms with Gasteiger partial charge in [0.05, 0.1) is 18.5 Å². The summed E-state index contributed by atoms with van der Waals surface area (Å²) in [4.78, 5) is 15.6. The van der Waals surface area contributed by atoms with Crippen molar-refractivity contribution < 1.29 is 13.9 Å². The van der Waals surface area contributed by atoms with Gasteiger partial charge in [0, 0.05) is 17.8 Å². The highest BCUT2D eigenvalue weighted by Gasteiger charge is 2.33. The maximum Gasteiger partial charge on any atom is 0.279 e. The molecule has 2 heterocycles. The Morgan fingerprint density at radius 3 is 2.57 bits per heavy atom. The molecule has 154 valence electrons. The number of carbonyl (C=O) groups is 1. The van der Waals surface area contributed by atoms with Crippen LogP contribution in [0.2, 0.25) is 0 Å². The number of anilines is 1. The van der Waals surface area contributed by atoms with Crippen LogP contribution in [0.4, 0.5) is 10.1 Å². The Hall–Kier alpha value is -3.15. The average molecular weight is 405 g/mol. The molecule has 2 aliphatic rings. The van der Waals surface area contributed by atoms with Gasteiger partial charge in [-0.2, -0.15) is 5.10 Å². The number of nitrogens with zero attached hydrogens (tertiary/aromatic N) is 3. The van der Waals surface area contributed by atoms with E-state index in [1.165, 1.54) is 23.3 Å². The molecule has 0 unspecified atom stereocenters. The molecule has 0 bridgehead atoms. The number of rotatable bonds is 3. The second-order valence-electron chi connectivity index (χ2n) is 7.99. The van der Waals surface area contributed by atoms with E-state index in [9.17, 15) is 9.18 Å². The summed E-state index contributed by atoms with van der Waals surface area (Å²) in [5.41, 5.74) is 6.57. The SMILES string of the molecule is COc1ccc(C)c2c1N(C(=O)c1nn(-c3ccc(F)cc3)c3c1CCC3)CCC2. The molecule has 0 atom stereocenters. The molecular weight excluding hydrogens is 381 g/mol. The number of amides is 1. The minimum absolute atomic E-state index is 0.0844. The zero-order valence-electron chi connectivity index (χ0n) is 17.2. The zero-order chi connectivity index (χ0) is 20.8. The highest BCUT2D eigenvalue weighted by molar-refractivity contribution is 6.07. The minimum Gasteiger partial charge on any atom is -0.495 e. The van der Waals surface area contributed by atoms with E-state index in [1.807, 2.05) is 21.7 Å². The van der Waals surface area contributed by atoms with Gasteiger partial charge in [0.15, 0.2) is 5.69 Å². The summed E-state index contributed by atoms with van der Waals surface area (Å²) < 4.78 is 20.8. The fourth-order valence-electron chi connectivity index (χ4n) is 4.75. The third-order valence-electron chi connectivity index (χ3n) is 6.23. The standard InChI is InChI=1S/C24H24FN3O2/c1-15-8-13-21(30-2)23-18(15)6-4-14-27(23)24(29)22-19-5-3-7-20(19)28(26-22)17-11-9-16(25)10-12-17/h8-13H,3-7,14H2,1-2H3. The van der Waals surface area contributed by atoms with Crippen molar-refractivity contribution in [2.75, 3.05) is 18.6 Å². The molecular formula is C24H24FN3O2. The Morgan fingerprint density at radius 1 is 1.03 bits per heavy atom. The first-order valence-corrected chi connectivity index (χ1v) is 10.4. The average Bonchev–Trinajstić information content (AvgIpc) is 3.37. The van der Waals surface area contributed by atoms with E-state index < -0.39 is 0 Å². The van der Waals surface area contributed by atoms with Crippen molar-refractivity contribution in [2.45, 2.75) is 39.0 Å². The minimum atomic E-state index is -0.286. The molecule has 5 rings (SSSR count). The predicted octanol–water partition coefficient (Wildman–Crippen LogP) is 4.41. The molecule has 1 aliphatic carbocycles. The highest BCUT2D eigenvalue weighted by atomic mass is 19.1. The van der Waals surface area contributed by atoms with Crippen LogP contribution in [0, 0.1) is 12.7 Å². The molecule has 0 fully saturated rings. The quantitative estimate of drug-likeness (QED) is 0.649. The fraction of sp³-hybridized carbons (Fsp3) is 0.333. The van der Waals surface area contributed by atoms with Gasteiger partial charge in [0.25, 0.3) is 5.91 Å². The lowest BCUT2D eigenvalue weighted by molar-refractivity contribution is 0.0978. The molecule has 1 amide bonds. The number of hydrogen-bond donors (Lipinski definition) is 0. The normalized spacial score (nSPS) is 15.1. The second-order valence-corrected chi connectivity index (χ2v) is 7.99. The Morgan fingerprint density at radius 2 is 1.80 bits per heavy atom. The summed E-state index contributed by atoms with van der Waals surface area (Å²) in [6.07, 6.45) is 4.54. The van der Waals surface area contributed by atoms with E-state index in [0.717, 1.165) is 60.5 Å². The van der Waals surface area contributed by atoms with Crippen LogP contribution in [0.5, 0.6) is 5.75 Å². The Kier molecular flexibility index (Phi) is 4.57. The number of aryl methyl sites for hydroxylation is 1. The molecule has 5 nitrogen and oxygen atoms in total. The number of methoxy groups -OCH3 is 1. The number of carbonyl (C=O) groups excluding carboxylic acids is 1. The van der Waals surface area contributed by atoms with Crippen LogP contribution >= 0.6 is 0 Å². The zero-order valence-corrected chi connectivity index (χ0v) is 17.2. The van der Waals surface area contributed by atoms with Crippen molar-refractivity contribution in [3.63, 3.8) is 0 Å². The lowest BCUT2D eigenvalue weighted by Crippen LogP contribution is -2.37. The molecule has 30 heavy (non-hydrogen) atoms. The molecule has 2 aromatic carbocycles. The third kappa shape index (κ3) is 2.90. The van der Waals surface area contributed by atoms with Crippen LogP contribution in [0.1, 0.15) is 45.7 Å². The Bertz CT molecular complexity index is 1130. The molecule has 0 radical (unpaired) electrons. The summed E-state index contributed by atoms with van der Waals surface area (Å²) >= 11 is 0. The molecule has 6 heteroatoms. The largest absolute Gasteiger partial charge is 0.495 e. The van der Waals surface area contributed by atoms with Crippen molar-refractivity contribution in [3.8, 4) is 11.4 Å². The van der Waals surface area contributed by atoms with Gasteiger partial charge < -0.3 is 9.64 Å². The molecule has 1 aromatic heterocycles. The molecule has 1 aliphatic heterocycles. The van der Waals surface area contributed by atoms with Crippen molar-refractivity contribution >= 4 is 11.6 Å². The summed E-state index contributed by atoms with van der Waals surface area (Å²) in [6.45, 7) is 2.72. The van der Waals surface area contributed by atoms with Crippen molar-refractivity contribution in [3.05, 3.63) is 70.3 Å². The number of benzene rings is 2. The predicted molar refractivity (Wildman–Crippen MR) is 113 cm³/mol. The van der Waals surface area contributed by atoms with E-state index in [1.54, 1.807) is 19.2 Å². The van der Waals surface area contributed by atoms with Gasteiger partial charge in [-0.25, -0.2) is 9.07 Å². The Labute approximate surface area is 175 Å². The van der Waals surface area contributed by atoms with E-state index >= 15 is 0 Å². The molecule has 0 spiro atoms. The number of aromatic nitrogens is 2. The monoisotopic (exact) mass is 405 g/mol. The van der Waals surface area contributed by atoms with Crippen LogP contribution in [0.25, 0.3) is 5.69 Å². The maximum absolute atomic E-state index is 13.7. The summed E-state index contributed by atoms with van der Waals surface area (Å²) in [6, 6.07) is 10.2. The highest BCUT2D eigenvalue weighted by Crippen LogP contribution is 2.39. The summed E-state index contributed by atoms with van der Waals surface area (Å²) in [5, 5.41) is 4.72. The van der Waals surface area contributed by atoms with Crippen LogP contribution in [-0.2, 0) is 19.3 Å². The maximum atomic E-state index is 13.7. The van der Waals surface area contributed by atoms with E-state index in [-0.39, 0.29) is 11.7 Å². The van der Waals surface area contributed by atoms with E-state index in [4.69, 9.17) is 9.84 Å². The molecule has 0 saturated heterocycles. The van der Waals surface area contributed by atoms with E-state index in [0.29, 0.717) is 12.2 Å². The lowest BCUT2D eigenvalue weighted by atomic mass is 9.95. The number of fused-ring (bicyclic) bond motifs is 2. The second kappa shape index (κ2) is 7.27. The first-order valence-electron chi connectivity index (χ1n) is 10.4. The Balaban J connectivity index is 1.60. The smallest absolute Gasteiger partial charge is 0.279 e. The summed E-state index contributed by atoms with van der Waals surface area (Å²) in [7, 11) is 1.64. The third-order valence-corrected chi connectivity index (χ3v) is 6.23. The van der Waals surface area contributed by atoms with Gasteiger partial charge in [-0.05, 0) is 80.5 Å². The van der Waals surface area contributed by atoms with Crippen molar-refractivity contribution in [1.29, 1.82) is 0 Å². The molecule has 0 N–H and O–H groups in total. The topological polar surface area (TPSA) is 47.4 Å². The molecule has 3 aromatic rings. The van der Waals surface area contributed by atoms with Gasteiger partial charge in [-0.1, -0.05) is 6.07 Å². The van der Waals surface area contributed by atoms with Crippen molar-refractivity contribution in [1.82, 2.24) is 9.78 Å². The number of hydrogen-bond acceptors (Lipinski definition) is 3. The van der Waals surface area contributed by atoms with Crippen LogP contribution in [-0.4, -0.2) is 29.3 Å². The first-order chi connectivity index (χ1) is 14.6. The summed E-state index contributed by atoms with van der Waals surface area (Å²) in [5.74, 6) is 0.350. The van der Waals surface area contributed by atoms with Gasteiger partial charge in [-0.3, -0.25) is 4.79 Å². The van der Waals surface area contributed by atoms with Crippen LogP contribution < -0.4 is 9.64 Å². The van der Waals surface area contributed by atoms with Gasteiger partial charge in [0.1, 0.15) is 11.6 Å². The molecule has 0 saturated carbocycles. The van der Waals surface area contributed by atoms with Crippen LogP contribution in [0.15, 0.2) is 36.4 Å². The van der Waals surface area contributed by atoms with Crippen molar-refractivity contribution in [2.24, 2.45) is 0 Å².